The summed E-state index contributed by atoms with van der Waals surface area (Å²) in [5.74, 6) is 0.727. The highest BCUT2D eigenvalue weighted by Crippen LogP contribution is 2.42. The Balaban J connectivity index is 1.57. The zero-order valence-electron chi connectivity index (χ0n) is 13.7. The largest absolute Gasteiger partial charge is 0.489 e. The molecule has 0 unspecified atom stereocenters. The van der Waals surface area contributed by atoms with Gasteiger partial charge in [-0.1, -0.05) is 35.6 Å². The summed E-state index contributed by atoms with van der Waals surface area (Å²) in [5, 5.41) is 3.19. The standard InChI is InChI=1S/C19H16FN3O2S/c20-13-5-1-3-11(7-13)10-25-14-6-2-4-12(8-14)15-9-16(24)22-18-17(15)26-19(21)23-18/h1-8,15H,9-10H2,(H2,21,23)(H,22,24)/t15-/m1/s1. The SMILES string of the molecule is Nc1nc2c(s1)[C@@H](c1cccc(OCc3cccc(F)c3)c1)CC(=O)N2. The molecule has 132 valence electrons. The molecule has 0 radical (unpaired) electrons. The summed E-state index contributed by atoms with van der Waals surface area (Å²) in [6.07, 6.45) is 0.335. The Morgan fingerprint density at radius 2 is 2.12 bits per heavy atom. The summed E-state index contributed by atoms with van der Waals surface area (Å²) >= 11 is 1.38. The molecule has 0 spiro atoms. The molecule has 1 amide bonds. The zero-order valence-corrected chi connectivity index (χ0v) is 14.6. The van der Waals surface area contributed by atoms with E-state index in [1.165, 1.54) is 23.5 Å². The number of carbonyl (C=O) groups is 1. The van der Waals surface area contributed by atoms with Gasteiger partial charge in [-0.25, -0.2) is 9.37 Å². The van der Waals surface area contributed by atoms with Gasteiger partial charge in [-0.2, -0.15) is 0 Å². The molecular formula is C19H16FN3O2S. The van der Waals surface area contributed by atoms with Crippen molar-refractivity contribution < 1.29 is 13.9 Å². The van der Waals surface area contributed by atoms with E-state index < -0.39 is 0 Å². The van der Waals surface area contributed by atoms with Crippen LogP contribution < -0.4 is 15.8 Å². The molecule has 0 saturated carbocycles. The number of ether oxygens (including phenoxy) is 1. The average Bonchev–Trinajstić information content (AvgIpc) is 2.99. The number of nitrogens with one attached hydrogen (secondary N) is 1. The average molecular weight is 369 g/mol. The Morgan fingerprint density at radius 3 is 2.96 bits per heavy atom. The van der Waals surface area contributed by atoms with E-state index in [9.17, 15) is 9.18 Å². The van der Waals surface area contributed by atoms with Crippen LogP contribution in [0.2, 0.25) is 0 Å². The predicted molar refractivity (Wildman–Crippen MR) is 98.8 cm³/mol. The molecule has 0 aliphatic carbocycles. The van der Waals surface area contributed by atoms with Gasteiger partial charge in [0.25, 0.3) is 0 Å². The highest BCUT2D eigenvalue weighted by Gasteiger charge is 2.30. The van der Waals surface area contributed by atoms with Crippen LogP contribution in [0.3, 0.4) is 0 Å². The van der Waals surface area contributed by atoms with E-state index in [0.29, 0.717) is 23.1 Å². The lowest BCUT2D eigenvalue weighted by atomic mass is 9.91. The molecule has 0 bridgehead atoms. The number of benzene rings is 2. The van der Waals surface area contributed by atoms with E-state index in [-0.39, 0.29) is 24.2 Å². The minimum absolute atomic E-state index is 0.0844. The number of anilines is 2. The molecule has 2 aromatic carbocycles. The van der Waals surface area contributed by atoms with Crippen molar-refractivity contribution in [2.24, 2.45) is 0 Å². The molecule has 1 aliphatic rings. The first kappa shape index (κ1) is 16.5. The predicted octanol–water partition coefficient (Wildman–Crippen LogP) is 3.92. The molecule has 3 aromatic rings. The number of thiazole rings is 1. The Kier molecular flexibility index (Phi) is 4.30. The van der Waals surface area contributed by atoms with E-state index >= 15 is 0 Å². The van der Waals surface area contributed by atoms with E-state index in [2.05, 4.69) is 10.3 Å². The fraction of sp³-hybridized carbons (Fsp3) is 0.158. The molecular weight excluding hydrogens is 353 g/mol. The van der Waals surface area contributed by atoms with E-state index in [1.54, 1.807) is 6.07 Å². The fourth-order valence-corrected chi connectivity index (χ4v) is 3.94. The Hall–Kier alpha value is -2.93. The van der Waals surface area contributed by atoms with Gasteiger partial charge in [0.2, 0.25) is 5.91 Å². The molecule has 4 rings (SSSR count). The van der Waals surface area contributed by atoms with Crippen molar-refractivity contribution in [3.8, 4) is 5.75 Å². The third-order valence-corrected chi connectivity index (χ3v) is 5.19. The van der Waals surface area contributed by atoms with Gasteiger partial charge in [-0.15, -0.1) is 0 Å². The quantitative estimate of drug-likeness (QED) is 0.731. The lowest BCUT2D eigenvalue weighted by molar-refractivity contribution is -0.116. The van der Waals surface area contributed by atoms with Crippen LogP contribution in [0.25, 0.3) is 0 Å². The Bertz CT molecular complexity index is 973. The van der Waals surface area contributed by atoms with E-state index in [0.717, 1.165) is 16.0 Å². The summed E-state index contributed by atoms with van der Waals surface area (Å²) in [7, 11) is 0. The van der Waals surface area contributed by atoms with Crippen LogP contribution in [0.15, 0.2) is 48.5 Å². The number of amides is 1. The number of fused-ring (bicyclic) bond motifs is 1. The Labute approximate surface area is 153 Å². The summed E-state index contributed by atoms with van der Waals surface area (Å²) in [4.78, 5) is 17.1. The first-order valence-electron chi connectivity index (χ1n) is 8.12. The molecule has 0 fully saturated rings. The molecule has 26 heavy (non-hydrogen) atoms. The van der Waals surface area contributed by atoms with Crippen molar-refractivity contribution in [1.82, 2.24) is 4.98 Å². The number of nitrogens with zero attached hydrogens (tertiary/aromatic N) is 1. The maximum atomic E-state index is 13.3. The normalized spacial score (nSPS) is 16.0. The van der Waals surface area contributed by atoms with Gasteiger partial charge in [0.1, 0.15) is 24.0 Å². The molecule has 5 nitrogen and oxygen atoms in total. The van der Waals surface area contributed by atoms with Crippen LogP contribution in [0.5, 0.6) is 5.75 Å². The van der Waals surface area contributed by atoms with Crippen LogP contribution in [0.1, 0.15) is 28.3 Å². The minimum atomic E-state index is -0.289. The molecule has 2 heterocycles. The molecule has 1 aliphatic heterocycles. The van der Waals surface area contributed by atoms with Crippen LogP contribution in [-0.4, -0.2) is 10.9 Å². The van der Waals surface area contributed by atoms with Gasteiger partial charge >= 0.3 is 0 Å². The first-order valence-corrected chi connectivity index (χ1v) is 8.93. The van der Waals surface area contributed by atoms with Crippen molar-refractivity contribution >= 4 is 28.2 Å². The Morgan fingerprint density at radius 1 is 1.27 bits per heavy atom. The number of rotatable bonds is 4. The molecule has 3 N–H and O–H groups in total. The number of hydrogen-bond acceptors (Lipinski definition) is 5. The minimum Gasteiger partial charge on any atom is -0.489 e. The van der Waals surface area contributed by atoms with Crippen molar-refractivity contribution in [2.75, 3.05) is 11.1 Å². The molecule has 0 saturated heterocycles. The van der Waals surface area contributed by atoms with E-state index in [1.807, 2.05) is 30.3 Å². The van der Waals surface area contributed by atoms with Crippen LogP contribution in [0, 0.1) is 5.82 Å². The smallest absolute Gasteiger partial charge is 0.226 e. The van der Waals surface area contributed by atoms with Crippen molar-refractivity contribution in [3.63, 3.8) is 0 Å². The van der Waals surface area contributed by atoms with E-state index in [4.69, 9.17) is 10.5 Å². The molecule has 1 aromatic heterocycles. The van der Waals surface area contributed by atoms with Crippen molar-refractivity contribution in [2.45, 2.75) is 18.9 Å². The third-order valence-electron chi connectivity index (χ3n) is 4.19. The van der Waals surface area contributed by atoms with Crippen molar-refractivity contribution in [1.29, 1.82) is 0 Å². The van der Waals surface area contributed by atoms with Gasteiger partial charge < -0.3 is 15.8 Å². The second kappa shape index (κ2) is 6.76. The third kappa shape index (κ3) is 3.39. The second-order valence-electron chi connectivity index (χ2n) is 6.06. The first-order chi connectivity index (χ1) is 12.6. The van der Waals surface area contributed by atoms with Crippen LogP contribution >= 0.6 is 11.3 Å². The van der Waals surface area contributed by atoms with Gasteiger partial charge in [0, 0.05) is 12.3 Å². The number of halogens is 1. The van der Waals surface area contributed by atoms with Crippen LogP contribution in [0.4, 0.5) is 15.3 Å². The summed E-state index contributed by atoms with van der Waals surface area (Å²) < 4.78 is 19.1. The highest BCUT2D eigenvalue weighted by molar-refractivity contribution is 7.16. The van der Waals surface area contributed by atoms with Gasteiger partial charge in [0.05, 0.1) is 4.88 Å². The number of hydrogen-bond donors (Lipinski definition) is 2. The zero-order chi connectivity index (χ0) is 18.1. The number of nitrogen functional groups attached to an aromatic ring is 1. The monoisotopic (exact) mass is 369 g/mol. The lowest BCUT2D eigenvalue weighted by Crippen LogP contribution is -2.22. The van der Waals surface area contributed by atoms with Gasteiger partial charge in [-0.05, 0) is 35.4 Å². The van der Waals surface area contributed by atoms with Gasteiger partial charge in [0.15, 0.2) is 5.13 Å². The number of nitrogens with two attached hydrogens (primary N) is 1. The lowest BCUT2D eigenvalue weighted by Gasteiger charge is -2.22. The maximum absolute atomic E-state index is 13.3. The summed E-state index contributed by atoms with van der Waals surface area (Å²) in [6.45, 7) is 0.269. The summed E-state index contributed by atoms with van der Waals surface area (Å²) in [5.41, 5.74) is 7.51. The fourth-order valence-electron chi connectivity index (χ4n) is 3.02. The second-order valence-corrected chi connectivity index (χ2v) is 7.12. The number of carbonyl (C=O) groups excluding carboxylic acids is 1. The molecule has 1 atom stereocenters. The maximum Gasteiger partial charge on any atom is 0.226 e. The number of aromatic nitrogens is 1. The summed E-state index contributed by atoms with van der Waals surface area (Å²) in [6, 6.07) is 13.9. The van der Waals surface area contributed by atoms with Crippen LogP contribution in [-0.2, 0) is 11.4 Å². The van der Waals surface area contributed by atoms with Gasteiger partial charge in [-0.3, -0.25) is 4.79 Å². The van der Waals surface area contributed by atoms with Crippen molar-refractivity contribution in [3.05, 3.63) is 70.4 Å². The topological polar surface area (TPSA) is 77.2 Å². The highest BCUT2D eigenvalue weighted by atomic mass is 32.1. The molecule has 7 heteroatoms.